The molecule has 0 amide bonds. The number of carbonyl (C=O) groups excluding carboxylic acids is 2. The molecule has 0 atom stereocenters. The van der Waals surface area contributed by atoms with Crippen LogP contribution in [0.25, 0.3) is 5.82 Å². The minimum Gasteiger partial charge on any atom is -0.831 e. The highest BCUT2D eigenvalue weighted by molar-refractivity contribution is 7.15. The number of rotatable bonds is 4. The highest BCUT2D eigenvalue weighted by atomic mass is 35.5. The Balaban J connectivity index is 1.91. The van der Waals surface area contributed by atoms with E-state index in [1.54, 1.807) is 48.8 Å². The van der Waals surface area contributed by atoms with Crippen molar-refractivity contribution in [3.8, 4) is 11.0 Å². The molecule has 3 rings (SSSR count). The second-order valence-electron chi connectivity index (χ2n) is 4.62. The van der Waals surface area contributed by atoms with E-state index < -0.39 is 5.19 Å². The van der Waals surface area contributed by atoms with E-state index in [0.717, 1.165) is 11.3 Å². The highest BCUT2D eigenvalue weighted by Crippen LogP contribution is 2.19. The Bertz CT molecular complexity index is 873. The Morgan fingerprint density at radius 2 is 1.74 bits per heavy atom. The molecule has 1 aromatic carbocycles. The first-order valence-corrected chi connectivity index (χ1v) is 7.73. The number of hydrogen-bond donors (Lipinski definition) is 0. The van der Waals surface area contributed by atoms with E-state index in [4.69, 9.17) is 11.6 Å². The molecule has 7 heteroatoms. The normalized spacial score (nSPS) is 10.5. The van der Waals surface area contributed by atoms with Crippen molar-refractivity contribution in [1.82, 2.24) is 4.98 Å². The van der Waals surface area contributed by atoms with Gasteiger partial charge in [-0.1, -0.05) is 22.9 Å². The summed E-state index contributed by atoms with van der Waals surface area (Å²) in [4.78, 5) is 27.4. The van der Waals surface area contributed by atoms with Gasteiger partial charge in [0.25, 0.3) is 0 Å². The molecular weight excluding hydrogens is 336 g/mol. The summed E-state index contributed by atoms with van der Waals surface area (Å²) < 4.78 is 1.53. The van der Waals surface area contributed by atoms with Crippen LogP contribution in [-0.4, -0.2) is 17.1 Å². The van der Waals surface area contributed by atoms with Crippen LogP contribution < -0.4 is 9.67 Å². The van der Waals surface area contributed by atoms with Gasteiger partial charge in [0.2, 0.25) is 0 Å². The molecule has 23 heavy (non-hydrogen) atoms. The molecule has 0 aliphatic heterocycles. The summed E-state index contributed by atoms with van der Waals surface area (Å²) in [5, 5.41) is 11.4. The van der Waals surface area contributed by atoms with Crippen molar-refractivity contribution in [3.05, 3.63) is 69.8 Å². The molecule has 3 aromatic rings. The molecule has 0 spiro atoms. The first-order chi connectivity index (χ1) is 11.1. The first-order valence-electron chi connectivity index (χ1n) is 6.53. The van der Waals surface area contributed by atoms with Crippen molar-refractivity contribution in [2.75, 3.05) is 0 Å². The number of halogens is 1. The summed E-state index contributed by atoms with van der Waals surface area (Å²) in [6.07, 6.45) is 3.77. The summed E-state index contributed by atoms with van der Waals surface area (Å²) in [7, 11) is 0. The SMILES string of the molecule is O=Cc1sc([O-])nc1-[n+]1ccc(C(=O)c2ccc(Cl)cc2)cc1. The van der Waals surface area contributed by atoms with Gasteiger partial charge in [0.15, 0.2) is 22.1 Å². The molecule has 2 aromatic heterocycles. The number of benzene rings is 1. The minimum absolute atomic E-state index is 0.146. The fourth-order valence-electron chi connectivity index (χ4n) is 2.05. The number of hydrogen-bond acceptors (Lipinski definition) is 5. The number of aldehydes is 1. The van der Waals surface area contributed by atoms with Crippen molar-refractivity contribution in [1.29, 1.82) is 0 Å². The average molecular weight is 345 g/mol. The smallest absolute Gasteiger partial charge is 0.348 e. The molecule has 0 fully saturated rings. The molecule has 0 aliphatic carbocycles. The van der Waals surface area contributed by atoms with Gasteiger partial charge in [-0.2, -0.15) is 0 Å². The molecule has 0 bridgehead atoms. The highest BCUT2D eigenvalue weighted by Gasteiger charge is 2.18. The van der Waals surface area contributed by atoms with Crippen molar-refractivity contribution < 1.29 is 19.3 Å². The Kier molecular flexibility index (Phi) is 4.18. The quantitative estimate of drug-likeness (QED) is 0.413. The van der Waals surface area contributed by atoms with E-state index in [2.05, 4.69) is 4.98 Å². The van der Waals surface area contributed by atoms with Gasteiger partial charge in [-0.05, 0) is 41.4 Å². The standard InChI is InChI=1S/C16H9ClN2O3S/c17-12-3-1-10(2-4-12)14(21)11-5-7-19(8-6-11)15-13(9-20)23-16(22)18-15/h1-9H. The number of ketones is 1. The number of carbonyl (C=O) groups is 2. The Morgan fingerprint density at radius 3 is 2.35 bits per heavy atom. The van der Waals surface area contributed by atoms with Crippen molar-refractivity contribution in [2.45, 2.75) is 0 Å². The van der Waals surface area contributed by atoms with Gasteiger partial charge in [-0.3, -0.25) is 9.59 Å². The summed E-state index contributed by atoms with van der Waals surface area (Å²) >= 11 is 6.59. The maximum atomic E-state index is 12.4. The van der Waals surface area contributed by atoms with Gasteiger partial charge < -0.3 is 5.11 Å². The fourth-order valence-corrected chi connectivity index (χ4v) is 2.79. The van der Waals surface area contributed by atoms with E-state index >= 15 is 0 Å². The number of pyridine rings is 1. The van der Waals surface area contributed by atoms with Crippen LogP contribution in [0.4, 0.5) is 0 Å². The van der Waals surface area contributed by atoms with Crippen LogP contribution in [0.5, 0.6) is 5.19 Å². The van der Waals surface area contributed by atoms with Crippen molar-refractivity contribution >= 4 is 35.0 Å². The van der Waals surface area contributed by atoms with Gasteiger partial charge in [0.1, 0.15) is 0 Å². The lowest BCUT2D eigenvalue weighted by molar-refractivity contribution is -0.599. The van der Waals surface area contributed by atoms with Crippen molar-refractivity contribution in [2.24, 2.45) is 0 Å². The van der Waals surface area contributed by atoms with Crippen LogP contribution in [0.15, 0.2) is 48.8 Å². The fraction of sp³-hybridized carbons (Fsp3) is 0. The zero-order chi connectivity index (χ0) is 16.4. The maximum Gasteiger partial charge on any atom is 0.348 e. The lowest BCUT2D eigenvalue weighted by atomic mass is 10.0. The monoisotopic (exact) mass is 344 g/mol. The zero-order valence-electron chi connectivity index (χ0n) is 11.6. The van der Waals surface area contributed by atoms with Crippen molar-refractivity contribution in [3.63, 3.8) is 0 Å². The van der Waals surface area contributed by atoms with Gasteiger partial charge in [-0.15, -0.1) is 0 Å². The predicted octanol–water partition coefficient (Wildman–Crippen LogP) is 2.19. The van der Waals surface area contributed by atoms with E-state index in [9.17, 15) is 14.7 Å². The first kappa shape index (κ1) is 15.3. The zero-order valence-corrected chi connectivity index (χ0v) is 13.2. The number of nitrogens with zero attached hydrogens (tertiary/aromatic N) is 2. The predicted molar refractivity (Wildman–Crippen MR) is 83.4 cm³/mol. The van der Waals surface area contributed by atoms with Crippen LogP contribution in [0.2, 0.25) is 5.02 Å². The van der Waals surface area contributed by atoms with E-state index in [1.807, 2.05) is 0 Å². The lowest BCUT2D eigenvalue weighted by Gasteiger charge is -2.02. The summed E-state index contributed by atoms with van der Waals surface area (Å²) in [6.45, 7) is 0. The molecule has 0 unspecified atom stereocenters. The van der Waals surface area contributed by atoms with E-state index in [0.29, 0.717) is 22.4 Å². The van der Waals surface area contributed by atoms with Gasteiger partial charge >= 0.3 is 5.82 Å². The third-order valence-electron chi connectivity index (χ3n) is 3.16. The largest absolute Gasteiger partial charge is 0.831 e. The Morgan fingerprint density at radius 1 is 1.13 bits per heavy atom. The topological polar surface area (TPSA) is 74.0 Å². The molecule has 5 nitrogen and oxygen atoms in total. The molecular formula is C16H9ClN2O3S. The number of aromatic nitrogens is 2. The van der Waals surface area contributed by atoms with E-state index in [-0.39, 0.29) is 16.5 Å². The summed E-state index contributed by atoms with van der Waals surface area (Å²) in [6, 6.07) is 9.82. The van der Waals surface area contributed by atoms with Crippen LogP contribution >= 0.6 is 22.9 Å². The third kappa shape index (κ3) is 3.13. The Labute approximate surface area is 140 Å². The lowest BCUT2D eigenvalue weighted by Crippen LogP contribution is -2.31. The minimum atomic E-state index is -0.434. The number of thiazole rings is 1. The van der Waals surface area contributed by atoms with E-state index in [1.165, 1.54) is 4.57 Å². The molecule has 2 heterocycles. The molecule has 114 valence electrons. The summed E-state index contributed by atoms with van der Waals surface area (Å²) in [5.41, 5.74) is 1.00. The van der Waals surface area contributed by atoms with Crippen LogP contribution in [0, 0.1) is 0 Å². The average Bonchev–Trinajstić information content (AvgIpc) is 2.96. The second-order valence-corrected chi connectivity index (χ2v) is 6.05. The van der Waals surface area contributed by atoms with Crippen LogP contribution in [0.3, 0.4) is 0 Å². The van der Waals surface area contributed by atoms with Crippen LogP contribution in [0.1, 0.15) is 25.6 Å². The van der Waals surface area contributed by atoms with Gasteiger partial charge in [-0.25, -0.2) is 4.57 Å². The van der Waals surface area contributed by atoms with Crippen LogP contribution in [-0.2, 0) is 0 Å². The third-order valence-corrected chi connectivity index (χ3v) is 4.18. The van der Waals surface area contributed by atoms with Gasteiger partial charge in [0.05, 0.1) is 12.4 Å². The molecule has 0 saturated heterocycles. The molecule has 0 aliphatic rings. The Hall–Kier alpha value is -2.57. The van der Waals surface area contributed by atoms with Gasteiger partial charge in [0, 0.05) is 16.1 Å². The molecule has 0 radical (unpaired) electrons. The summed E-state index contributed by atoms with van der Waals surface area (Å²) in [5.74, 6) is 0.118. The molecule has 0 N–H and O–H groups in total. The molecule has 0 saturated carbocycles. The second kappa shape index (κ2) is 6.28. The maximum absolute atomic E-state index is 12.4.